The number of benzene rings is 1. The number of pyridine rings is 1. The summed E-state index contributed by atoms with van der Waals surface area (Å²) in [5.41, 5.74) is 2.50. The third kappa shape index (κ3) is 5.30. The first-order valence-corrected chi connectivity index (χ1v) is 12.1. The number of carbonyl (C=O) groups excluding carboxylic acids is 1. The second kappa shape index (κ2) is 9.32. The molecular formula is C24H30N5O2S+. The number of rotatable bonds is 4. The average Bonchev–Trinajstić information content (AvgIpc) is 2.78. The SMILES string of the molecule is CSc1nc2cc[n+](Cc3ccccc3)cc2nc1N1CCN(C(=O)OC(C)(C)C)CC1. The van der Waals surface area contributed by atoms with E-state index in [1.54, 1.807) is 16.7 Å². The lowest BCUT2D eigenvalue weighted by Gasteiger charge is -2.36. The maximum Gasteiger partial charge on any atom is 0.410 e. The van der Waals surface area contributed by atoms with Crippen molar-refractivity contribution in [1.29, 1.82) is 0 Å². The van der Waals surface area contributed by atoms with Gasteiger partial charge in [0.25, 0.3) is 0 Å². The number of piperazine rings is 1. The van der Waals surface area contributed by atoms with Crippen molar-refractivity contribution in [3.63, 3.8) is 0 Å². The molecule has 1 aliphatic rings. The zero-order valence-corrected chi connectivity index (χ0v) is 19.9. The Bertz CT molecular complexity index is 1090. The third-order valence-corrected chi connectivity index (χ3v) is 5.91. The second-order valence-electron chi connectivity index (χ2n) is 8.88. The van der Waals surface area contributed by atoms with Gasteiger partial charge < -0.3 is 14.5 Å². The fourth-order valence-electron chi connectivity index (χ4n) is 3.68. The summed E-state index contributed by atoms with van der Waals surface area (Å²) in [6.07, 6.45) is 5.87. The minimum Gasteiger partial charge on any atom is -0.444 e. The Morgan fingerprint density at radius 2 is 1.78 bits per heavy atom. The van der Waals surface area contributed by atoms with Crippen molar-refractivity contribution in [3.8, 4) is 0 Å². The summed E-state index contributed by atoms with van der Waals surface area (Å²) in [6.45, 7) is 9.05. The van der Waals surface area contributed by atoms with Crippen LogP contribution in [0.2, 0.25) is 0 Å². The summed E-state index contributed by atoms with van der Waals surface area (Å²) in [4.78, 5) is 26.2. The number of carbonyl (C=O) groups is 1. The van der Waals surface area contributed by atoms with Crippen LogP contribution in [0.5, 0.6) is 0 Å². The molecule has 32 heavy (non-hydrogen) atoms. The molecule has 1 aliphatic heterocycles. The Hall–Kier alpha value is -2.87. The average molecular weight is 453 g/mol. The van der Waals surface area contributed by atoms with E-state index in [4.69, 9.17) is 14.7 Å². The first-order valence-electron chi connectivity index (χ1n) is 10.8. The molecule has 0 aliphatic carbocycles. The monoisotopic (exact) mass is 452 g/mol. The molecule has 1 amide bonds. The van der Waals surface area contributed by atoms with Crippen molar-refractivity contribution < 1.29 is 14.1 Å². The Morgan fingerprint density at radius 3 is 2.44 bits per heavy atom. The fourth-order valence-corrected chi connectivity index (χ4v) is 4.23. The van der Waals surface area contributed by atoms with Crippen LogP contribution in [-0.2, 0) is 11.3 Å². The fraction of sp³-hybridized carbons (Fsp3) is 0.417. The second-order valence-corrected chi connectivity index (χ2v) is 9.68. The van der Waals surface area contributed by atoms with E-state index in [1.807, 2.05) is 45.4 Å². The third-order valence-electron chi connectivity index (χ3n) is 5.25. The predicted molar refractivity (Wildman–Crippen MR) is 127 cm³/mol. The van der Waals surface area contributed by atoms with Gasteiger partial charge >= 0.3 is 6.09 Å². The van der Waals surface area contributed by atoms with Crippen molar-refractivity contribution in [1.82, 2.24) is 14.9 Å². The van der Waals surface area contributed by atoms with Crippen LogP contribution in [0.4, 0.5) is 10.6 Å². The molecule has 8 heteroatoms. The number of ether oxygens (including phenoxy) is 1. The summed E-state index contributed by atoms with van der Waals surface area (Å²) < 4.78 is 7.65. The highest BCUT2D eigenvalue weighted by Crippen LogP contribution is 2.28. The van der Waals surface area contributed by atoms with Crippen molar-refractivity contribution in [2.45, 2.75) is 37.9 Å². The molecule has 1 saturated heterocycles. The standard InChI is InChI=1S/C24H30N5O2S/c1-24(2,3)31-23(30)29-14-12-28(13-15-29)21-22(32-4)26-19-10-11-27(17-20(19)25-21)16-18-8-6-5-7-9-18/h5-11,17H,12-16H2,1-4H3/q+1. The number of amides is 1. The van der Waals surface area contributed by atoms with Crippen LogP contribution >= 0.6 is 11.8 Å². The van der Waals surface area contributed by atoms with Gasteiger partial charge in [0.1, 0.15) is 16.1 Å². The van der Waals surface area contributed by atoms with Crippen molar-refractivity contribution >= 4 is 34.7 Å². The van der Waals surface area contributed by atoms with E-state index in [2.05, 4.69) is 39.9 Å². The van der Waals surface area contributed by atoms with Gasteiger partial charge in [-0.25, -0.2) is 14.8 Å². The van der Waals surface area contributed by atoms with E-state index in [9.17, 15) is 4.79 Å². The van der Waals surface area contributed by atoms with Crippen LogP contribution in [0.15, 0.2) is 53.8 Å². The molecular weight excluding hydrogens is 422 g/mol. The van der Waals surface area contributed by atoms with Gasteiger partial charge in [0.05, 0.1) is 0 Å². The lowest BCUT2D eigenvalue weighted by molar-refractivity contribution is -0.687. The normalized spacial score (nSPS) is 14.6. The first-order chi connectivity index (χ1) is 15.3. The largest absolute Gasteiger partial charge is 0.444 e. The number of fused-ring (bicyclic) bond motifs is 1. The van der Waals surface area contributed by atoms with Crippen LogP contribution in [0, 0.1) is 0 Å². The van der Waals surface area contributed by atoms with Gasteiger partial charge in [-0.2, -0.15) is 4.57 Å². The molecule has 3 heterocycles. The smallest absolute Gasteiger partial charge is 0.410 e. The van der Waals surface area contributed by atoms with Crippen LogP contribution in [-0.4, -0.2) is 59.0 Å². The van der Waals surface area contributed by atoms with Gasteiger partial charge in [0.2, 0.25) is 0 Å². The van der Waals surface area contributed by atoms with Gasteiger partial charge in [0.15, 0.2) is 30.3 Å². The van der Waals surface area contributed by atoms with Gasteiger partial charge in [-0.05, 0) is 27.0 Å². The quantitative estimate of drug-likeness (QED) is 0.444. The maximum absolute atomic E-state index is 12.4. The van der Waals surface area contributed by atoms with Gasteiger partial charge in [-0.1, -0.05) is 30.3 Å². The van der Waals surface area contributed by atoms with Crippen LogP contribution in [0.1, 0.15) is 26.3 Å². The number of hydrogen-bond acceptors (Lipinski definition) is 6. The molecule has 1 aromatic carbocycles. The molecule has 168 valence electrons. The van der Waals surface area contributed by atoms with Gasteiger partial charge in [0, 0.05) is 37.8 Å². The van der Waals surface area contributed by atoms with E-state index in [0.717, 1.165) is 28.4 Å². The summed E-state index contributed by atoms with van der Waals surface area (Å²) in [7, 11) is 0. The molecule has 1 fully saturated rings. The van der Waals surface area contributed by atoms with E-state index in [-0.39, 0.29) is 6.09 Å². The lowest BCUT2D eigenvalue weighted by atomic mass is 10.2. The Morgan fingerprint density at radius 1 is 1.06 bits per heavy atom. The van der Waals surface area contributed by atoms with Gasteiger partial charge in [-0.15, -0.1) is 11.8 Å². The highest BCUT2D eigenvalue weighted by Gasteiger charge is 2.28. The molecule has 7 nitrogen and oxygen atoms in total. The summed E-state index contributed by atoms with van der Waals surface area (Å²) in [5.74, 6) is 0.881. The number of nitrogens with zero attached hydrogens (tertiary/aromatic N) is 5. The van der Waals surface area contributed by atoms with Gasteiger partial charge in [-0.3, -0.25) is 0 Å². The van der Waals surface area contributed by atoms with Crippen molar-refractivity contribution in [2.24, 2.45) is 0 Å². The highest BCUT2D eigenvalue weighted by molar-refractivity contribution is 7.98. The zero-order valence-electron chi connectivity index (χ0n) is 19.1. The van der Waals surface area contributed by atoms with Crippen molar-refractivity contribution in [2.75, 3.05) is 37.3 Å². The first kappa shape index (κ1) is 22.3. The maximum atomic E-state index is 12.4. The van der Waals surface area contributed by atoms with Crippen LogP contribution < -0.4 is 9.47 Å². The topological polar surface area (TPSA) is 62.4 Å². The molecule has 0 radical (unpaired) electrons. The number of thioether (sulfide) groups is 1. The molecule has 0 spiro atoms. The molecule has 0 N–H and O–H groups in total. The zero-order chi connectivity index (χ0) is 22.7. The molecule has 4 rings (SSSR count). The molecule has 0 saturated carbocycles. The van der Waals surface area contributed by atoms with Crippen LogP contribution in [0.3, 0.4) is 0 Å². The molecule has 2 aromatic heterocycles. The highest BCUT2D eigenvalue weighted by atomic mass is 32.2. The predicted octanol–water partition coefficient (Wildman–Crippen LogP) is 3.74. The Balaban J connectivity index is 1.53. The summed E-state index contributed by atoms with van der Waals surface area (Å²) in [5, 5.41) is 0.907. The summed E-state index contributed by atoms with van der Waals surface area (Å²) in [6, 6.07) is 12.4. The molecule has 0 bridgehead atoms. The molecule has 0 atom stereocenters. The minimum absolute atomic E-state index is 0.256. The Labute approximate surface area is 193 Å². The van der Waals surface area contributed by atoms with E-state index >= 15 is 0 Å². The van der Waals surface area contributed by atoms with Crippen molar-refractivity contribution in [3.05, 3.63) is 54.4 Å². The summed E-state index contributed by atoms with van der Waals surface area (Å²) >= 11 is 1.60. The van der Waals surface area contributed by atoms with Crippen LogP contribution in [0.25, 0.3) is 11.0 Å². The number of anilines is 1. The lowest BCUT2D eigenvalue weighted by Crippen LogP contribution is -2.50. The Kier molecular flexibility index (Phi) is 6.50. The van der Waals surface area contributed by atoms with E-state index < -0.39 is 5.60 Å². The molecule has 3 aromatic rings. The number of aromatic nitrogens is 3. The van der Waals surface area contributed by atoms with E-state index in [0.29, 0.717) is 26.2 Å². The van der Waals surface area contributed by atoms with E-state index in [1.165, 1.54) is 5.56 Å². The number of hydrogen-bond donors (Lipinski definition) is 0. The molecule has 0 unspecified atom stereocenters. The minimum atomic E-state index is -0.487.